The van der Waals surface area contributed by atoms with E-state index >= 15 is 0 Å². The highest BCUT2D eigenvalue weighted by Crippen LogP contribution is 2.24. The van der Waals surface area contributed by atoms with Crippen LogP contribution in [0.1, 0.15) is 31.7 Å². The van der Waals surface area contributed by atoms with Gasteiger partial charge in [0.05, 0.1) is 0 Å². The lowest BCUT2D eigenvalue weighted by atomic mass is 9.94. The van der Waals surface area contributed by atoms with Crippen LogP contribution in [0.15, 0.2) is 24.3 Å². The first-order valence-corrected chi connectivity index (χ1v) is 6.11. The van der Waals surface area contributed by atoms with Gasteiger partial charge in [0.15, 0.2) is 0 Å². The monoisotopic (exact) mass is 203 g/mol. The van der Waals surface area contributed by atoms with Gasteiger partial charge in [0.25, 0.3) is 0 Å². The third-order valence-corrected chi connectivity index (χ3v) is 3.59. The zero-order chi connectivity index (χ0) is 10.7. The van der Waals surface area contributed by atoms with Gasteiger partial charge >= 0.3 is 0 Å². The Morgan fingerprint density at radius 3 is 2.27 bits per heavy atom. The molecular formula is C14H21N. The Morgan fingerprint density at radius 2 is 1.73 bits per heavy atom. The van der Waals surface area contributed by atoms with Crippen LogP contribution in [0.25, 0.3) is 0 Å². The van der Waals surface area contributed by atoms with Gasteiger partial charge in [-0.1, -0.05) is 31.0 Å². The predicted octanol–water partition coefficient (Wildman–Crippen LogP) is 3.62. The summed E-state index contributed by atoms with van der Waals surface area (Å²) in [6.45, 7) is 6.93. The molecule has 1 nitrogen and oxygen atoms in total. The number of hydrogen-bond acceptors (Lipinski definition) is 1. The van der Waals surface area contributed by atoms with E-state index in [0.717, 1.165) is 5.92 Å². The van der Waals surface area contributed by atoms with Crippen LogP contribution in [0.5, 0.6) is 0 Å². The Kier molecular flexibility index (Phi) is 3.30. The average Bonchev–Trinajstić information content (AvgIpc) is 2.30. The van der Waals surface area contributed by atoms with E-state index in [1.54, 1.807) is 0 Å². The van der Waals surface area contributed by atoms with Crippen molar-refractivity contribution in [2.45, 2.75) is 33.1 Å². The Hall–Kier alpha value is -0.980. The summed E-state index contributed by atoms with van der Waals surface area (Å²) in [5.41, 5.74) is 2.75. The van der Waals surface area contributed by atoms with E-state index in [0.29, 0.717) is 0 Å². The van der Waals surface area contributed by atoms with Gasteiger partial charge in [0, 0.05) is 18.8 Å². The molecule has 1 saturated heterocycles. The highest BCUT2D eigenvalue weighted by Gasteiger charge is 2.17. The molecule has 1 aromatic rings. The zero-order valence-electron chi connectivity index (χ0n) is 9.87. The summed E-state index contributed by atoms with van der Waals surface area (Å²) in [4.78, 5) is 2.52. The van der Waals surface area contributed by atoms with Gasteiger partial charge < -0.3 is 4.90 Å². The highest BCUT2D eigenvalue weighted by atomic mass is 15.1. The van der Waals surface area contributed by atoms with Gasteiger partial charge in [-0.15, -0.1) is 0 Å². The van der Waals surface area contributed by atoms with Gasteiger partial charge in [0.1, 0.15) is 0 Å². The molecule has 0 aromatic heterocycles. The molecule has 0 unspecified atom stereocenters. The number of aryl methyl sites for hydroxylation is 1. The van der Waals surface area contributed by atoms with Crippen LogP contribution in [-0.4, -0.2) is 13.1 Å². The summed E-state index contributed by atoms with van der Waals surface area (Å²) in [6, 6.07) is 8.92. The summed E-state index contributed by atoms with van der Waals surface area (Å²) < 4.78 is 0. The van der Waals surface area contributed by atoms with E-state index < -0.39 is 0 Å². The standard InChI is InChI=1S/C14H21N/c1-3-13-8-10-15(11-9-13)14-6-4-12(2)5-7-14/h4-7,13H,3,8-11H2,1-2H3. The van der Waals surface area contributed by atoms with E-state index in [2.05, 4.69) is 43.0 Å². The Balaban J connectivity index is 1.98. The first-order valence-electron chi connectivity index (χ1n) is 6.11. The van der Waals surface area contributed by atoms with Crippen molar-refractivity contribution in [3.05, 3.63) is 29.8 Å². The molecule has 0 amide bonds. The smallest absolute Gasteiger partial charge is 0.0366 e. The van der Waals surface area contributed by atoms with Gasteiger partial charge in [-0.05, 0) is 37.8 Å². The molecule has 0 atom stereocenters. The molecule has 1 heterocycles. The fourth-order valence-electron chi connectivity index (χ4n) is 2.35. The first kappa shape index (κ1) is 10.5. The van der Waals surface area contributed by atoms with Crippen LogP contribution in [0.2, 0.25) is 0 Å². The molecule has 1 aliphatic rings. The normalized spacial score (nSPS) is 18.1. The summed E-state index contributed by atoms with van der Waals surface area (Å²) in [5.74, 6) is 0.965. The quantitative estimate of drug-likeness (QED) is 0.709. The second-order valence-corrected chi connectivity index (χ2v) is 4.67. The zero-order valence-corrected chi connectivity index (χ0v) is 9.87. The maximum absolute atomic E-state index is 2.52. The Morgan fingerprint density at radius 1 is 1.13 bits per heavy atom. The molecule has 1 aliphatic heterocycles. The van der Waals surface area contributed by atoms with E-state index in [1.165, 1.54) is 43.6 Å². The fraction of sp³-hybridized carbons (Fsp3) is 0.571. The second-order valence-electron chi connectivity index (χ2n) is 4.67. The van der Waals surface area contributed by atoms with Crippen molar-refractivity contribution in [3.8, 4) is 0 Å². The SMILES string of the molecule is CCC1CCN(c2ccc(C)cc2)CC1. The summed E-state index contributed by atoms with van der Waals surface area (Å²) >= 11 is 0. The van der Waals surface area contributed by atoms with Gasteiger partial charge in [-0.2, -0.15) is 0 Å². The van der Waals surface area contributed by atoms with Crippen LogP contribution in [0.3, 0.4) is 0 Å². The number of anilines is 1. The van der Waals surface area contributed by atoms with E-state index in [4.69, 9.17) is 0 Å². The van der Waals surface area contributed by atoms with Crippen LogP contribution < -0.4 is 4.90 Å². The van der Waals surface area contributed by atoms with E-state index in [1.807, 2.05) is 0 Å². The molecule has 1 aromatic carbocycles. The summed E-state index contributed by atoms with van der Waals surface area (Å²) in [5, 5.41) is 0. The van der Waals surface area contributed by atoms with E-state index in [-0.39, 0.29) is 0 Å². The van der Waals surface area contributed by atoms with Gasteiger partial charge in [-0.3, -0.25) is 0 Å². The molecule has 1 fully saturated rings. The predicted molar refractivity (Wildman–Crippen MR) is 66.4 cm³/mol. The van der Waals surface area contributed by atoms with Crippen LogP contribution in [0, 0.1) is 12.8 Å². The molecule has 82 valence electrons. The second kappa shape index (κ2) is 4.69. The van der Waals surface area contributed by atoms with Crippen LogP contribution in [-0.2, 0) is 0 Å². The Labute approximate surface area is 93.1 Å². The molecule has 0 aliphatic carbocycles. The maximum atomic E-state index is 2.52. The lowest BCUT2D eigenvalue weighted by Crippen LogP contribution is -2.33. The number of benzene rings is 1. The minimum atomic E-state index is 0.965. The topological polar surface area (TPSA) is 3.24 Å². The molecule has 0 saturated carbocycles. The molecule has 0 radical (unpaired) electrons. The van der Waals surface area contributed by atoms with Gasteiger partial charge in [0.2, 0.25) is 0 Å². The fourth-order valence-corrected chi connectivity index (χ4v) is 2.35. The Bertz CT molecular complexity index is 294. The molecule has 0 bridgehead atoms. The van der Waals surface area contributed by atoms with Crippen molar-refractivity contribution in [1.29, 1.82) is 0 Å². The third-order valence-electron chi connectivity index (χ3n) is 3.59. The van der Waals surface area contributed by atoms with Crippen molar-refractivity contribution < 1.29 is 0 Å². The minimum absolute atomic E-state index is 0.965. The number of piperidine rings is 1. The molecule has 15 heavy (non-hydrogen) atoms. The lowest BCUT2D eigenvalue weighted by molar-refractivity contribution is 0.395. The van der Waals surface area contributed by atoms with Crippen molar-refractivity contribution in [3.63, 3.8) is 0 Å². The van der Waals surface area contributed by atoms with Crippen LogP contribution >= 0.6 is 0 Å². The third kappa shape index (κ3) is 2.53. The number of rotatable bonds is 2. The average molecular weight is 203 g/mol. The largest absolute Gasteiger partial charge is 0.372 e. The van der Waals surface area contributed by atoms with Crippen molar-refractivity contribution >= 4 is 5.69 Å². The molecule has 0 N–H and O–H groups in total. The molecule has 0 spiro atoms. The lowest BCUT2D eigenvalue weighted by Gasteiger charge is -2.33. The molecule has 1 heteroatoms. The highest BCUT2D eigenvalue weighted by molar-refractivity contribution is 5.47. The number of nitrogens with zero attached hydrogens (tertiary/aromatic N) is 1. The summed E-state index contributed by atoms with van der Waals surface area (Å²) in [6.07, 6.45) is 4.08. The first-order chi connectivity index (χ1) is 7.29. The maximum Gasteiger partial charge on any atom is 0.0366 e. The van der Waals surface area contributed by atoms with Crippen molar-refractivity contribution in [2.75, 3.05) is 18.0 Å². The minimum Gasteiger partial charge on any atom is -0.372 e. The van der Waals surface area contributed by atoms with Crippen LogP contribution in [0.4, 0.5) is 5.69 Å². The van der Waals surface area contributed by atoms with Gasteiger partial charge in [-0.25, -0.2) is 0 Å². The number of hydrogen-bond donors (Lipinski definition) is 0. The molecule has 2 rings (SSSR count). The molecular weight excluding hydrogens is 182 g/mol. The summed E-state index contributed by atoms with van der Waals surface area (Å²) in [7, 11) is 0. The van der Waals surface area contributed by atoms with Crippen molar-refractivity contribution in [2.24, 2.45) is 5.92 Å². The van der Waals surface area contributed by atoms with Crippen molar-refractivity contribution in [1.82, 2.24) is 0 Å². The van der Waals surface area contributed by atoms with E-state index in [9.17, 15) is 0 Å².